The quantitative estimate of drug-likeness (QED) is 0.303. The molecule has 0 aromatic heterocycles. The molecule has 1 amide bonds. The number of hydrogen-bond donors (Lipinski definition) is 0. The molecule has 2 aromatic carbocycles. The van der Waals surface area contributed by atoms with Gasteiger partial charge < -0.3 is 9.74 Å². The third-order valence-electron chi connectivity index (χ3n) is 7.02. The van der Waals surface area contributed by atoms with Crippen LogP contribution in [0.5, 0.6) is 0 Å². The van der Waals surface area contributed by atoms with E-state index in [1.165, 1.54) is 29.2 Å². The number of amides is 1. The van der Waals surface area contributed by atoms with Gasteiger partial charge in [0.05, 0.1) is 33.9 Å². The molecule has 1 unspecified atom stereocenters. The molecular weight excluding hydrogens is 531 g/mol. The summed E-state index contributed by atoms with van der Waals surface area (Å²) in [5.74, 6) is -0.00823. The standard InChI is InChI=1S/C24H19Cl3F4N2O2/c25-17-8-16(9-18(26)20(17)27)23(24(29,30)31)10-19(32-35-23)13-4-6-15(7-5-13)22(28)11-33(12-22)21(34)14-2-1-3-14/h4-9,14H,1-3,10-12H2. The Morgan fingerprint density at radius 3 is 2.14 bits per heavy atom. The van der Waals surface area contributed by atoms with Crippen molar-refractivity contribution in [3.05, 3.63) is 68.2 Å². The first-order chi connectivity index (χ1) is 16.4. The second kappa shape index (κ2) is 8.53. The van der Waals surface area contributed by atoms with E-state index in [0.29, 0.717) is 11.1 Å². The van der Waals surface area contributed by atoms with Gasteiger partial charge in [-0.3, -0.25) is 4.79 Å². The Bertz CT molecular complexity index is 1190. The van der Waals surface area contributed by atoms with E-state index in [1.807, 2.05) is 0 Å². The molecule has 1 saturated carbocycles. The Morgan fingerprint density at radius 1 is 1.03 bits per heavy atom. The fourth-order valence-electron chi connectivity index (χ4n) is 4.62. The van der Waals surface area contributed by atoms with E-state index in [4.69, 9.17) is 39.6 Å². The van der Waals surface area contributed by atoms with Crippen molar-refractivity contribution in [3.63, 3.8) is 0 Å². The summed E-state index contributed by atoms with van der Waals surface area (Å²) in [6, 6.07) is 8.14. The highest BCUT2D eigenvalue weighted by Gasteiger charge is 2.62. The first-order valence-electron chi connectivity index (χ1n) is 11.0. The number of alkyl halides is 4. The van der Waals surface area contributed by atoms with Gasteiger partial charge in [0.25, 0.3) is 5.60 Å². The Hall–Kier alpha value is -2.03. The van der Waals surface area contributed by atoms with Gasteiger partial charge in [-0.1, -0.05) is 70.6 Å². The van der Waals surface area contributed by atoms with E-state index in [-0.39, 0.29) is 51.3 Å². The summed E-state index contributed by atoms with van der Waals surface area (Å²) in [6.45, 7) is -0.0536. The molecule has 2 heterocycles. The highest BCUT2D eigenvalue weighted by molar-refractivity contribution is 6.48. The van der Waals surface area contributed by atoms with Gasteiger partial charge in [0.2, 0.25) is 5.91 Å². The van der Waals surface area contributed by atoms with Crippen LogP contribution in [0.3, 0.4) is 0 Å². The number of carbonyl (C=O) groups excluding carboxylic acids is 1. The fourth-order valence-corrected chi connectivity index (χ4v) is 5.22. The van der Waals surface area contributed by atoms with Crippen LogP contribution in [-0.4, -0.2) is 35.8 Å². The molecule has 0 radical (unpaired) electrons. The smallest absolute Gasteiger partial charge is 0.374 e. The lowest BCUT2D eigenvalue weighted by atomic mass is 9.81. The van der Waals surface area contributed by atoms with Crippen molar-refractivity contribution in [2.24, 2.45) is 11.1 Å². The van der Waals surface area contributed by atoms with Crippen molar-refractivity contribution in [2.75, 3.05) is 13.1 Å². The molecule has 2 fully saturated rings. The highest BCUT2D eigenvalue weighted by atomic mass is 35.5. The normalized spacial score (nSPS) is 23.9. The third-order valence-corrected chi connectivity index (χ3v) is 8.22. The van der Waals surface area contributed by atoms with Gasteiger partial charge in [0, 0.05) is 17.9 Å². The molecule has 35 heavy (non-hydrogen) atoms. The van der Waals surface area contributed by atoms with Crippen molar-refractivity contribution in [3.8, 4) is 0 Å². The van der Waals surface area contributed by atoms with Gasteiger partial charge in [0.15, 0.2) is 5.67 Å². The molecular formula is C24H19Cl3F4N2O2. The molecule has 0 N–H and O–H groups in total. The molecule has 186 valence electrons. The average molecular weight is 550 g/mol. The zero-order chi connectivity index (χ0) is 25.2. The summed E-state index contributed by atoms with van der Waals surface area (Å²) in [7, 11) is 0. The highest BCUT2D eigenvalue weighted by Crippen LogP contribution is 2.50. The van der Waals surface area contributed by atoms with E-state index in [2.05, 4.69) is 5.16 Å². The van der Waals surface area contributed by atoms with Crippen molar-refractivity contribution in [1.82, 2.24) is 4.90 Å². The number of carbonyl (C=O) groups is 1. The van der Waals surface area contributed by atoms with Crippen molar-refractivity contribution in [2.45, 2.75) is 43.1 Å². The predicted molar refractivity (Wildman–Crippen MR) is 125 cm³/mol. The van der Waals surface area contributed by atoms with Crippen LogP contribution < -0.4 is 0 Å². The van der Waals surface area contributed by atoms with Crippen LogP contribution in [0, 0.1) is 5.92 Å². The second-order valence-electron chi connectivity index (χ2n) is 9.25. The van der Waals surface area contributed by atoms with Gasteiger partial charge in [-0.05, 0) is 36.1 Å². The summed E-state index contributed by atoms with van der Waals surface area (Å²) in [5.41, 5.74) is -4.05. The van der Waals surface area contributed by atoms with Crippen LogP contribution >= 0.6 is 34.8 Å². The average Bonchev–Trinajstić information content (AvgIpc) is 3.21. The zero-order valence-electron chi connectivity index (χ0n) is 18.1. The molecule has 1 saturated heterocycles. The van der Waals surface area contributed by atoms with Gasteiger partial charge in [-0.25, -0.2) is 4.39 Å². The summed E-state index contributed by atoms with van der Waals surface area (Å²) in [6.07, 6.45) is -2.75. The molecule has 2 aliphatic heterocycles. The Balaban J connectivity index is 1.34. The summed E-state index contributed by atoms with van der Waals surface area (Å²) < 4.78 is 58.0. The first-order valence-corrected chi connectivity index (χ1v) is 12.1. The maximum absolute atomic E-state index is 15.3. The minimum Gasteiger partial charge on any atom is -0.374 e. The molecule has 3 aliphatic rings. The molecule has 1 atom stereocenters. The van der Waals surface area contributed by atoms with Crippen molar-refractivity contribution in [1.29, 1.82) is 0 Å². The third kappa shape index (κ3) is 4.07. The maximum Gasteiger partial charge on any atom is 0.435 e. The Morgan fingerprint density at radius 2 is 1.63 bits per heavy atom. The molecule has 1 aliphatic carbocycles. The molecule has 0 bridgehead atoms. The van der Waals surface area contributed by atoms with E-state index in [9.17, 15) is 18.0 Å². The number of oxime groups is 1. The number of likely N-dealkylation sites (tertiary alicyclic amines) is 1. The predicted octanol–water partition coefficient (Wildman–Crippen LogP) is 7.04. The van der Waals surface area contributed by atoms with Gasteiger partial charge in [-0.15, -0.1) is 0 Å². The van der Waals surface area contributed by atoms with E-state index in [1.54, 1.807) is 0 Å². The SMILES string of the molecule is O=C(C1CCC1)N1CC(F)(c2ccc(C3=NOC(c4cc(Cl)c(Cl)c(Cl)c4)(C(F)(F)F)C3)cc2)C1. The van der Waals surface area contributed by atoms with Crippen LogP contribution in [-0.2, 0) is 20.9 Å². The van der Waals surface area contributed by atoms with Crippen LogP contribution in [0.1, 0.15) is 42.4 Å². The molecule has 0 spiro atoms. The zero-order valence-corrected chi connectivity index (χ0v) is 20.4. The minimum absolute atomic E-state index is 0.00149. The van der Waals surface area contributed by atoms with E-state index in [0.717, 1.165) is 31.4 Å². The molecule has 2 aromatic rings. The van der Waals surface area contributed by atoms with E-state index < -0.39 is 23.9 Å². The lowest BCUT2D eigenvalue weighted by Gasteiger charge is -2.47. The number of rotatable bonds is 4. The summed E-state index contributed by atoms with van der Waals surface area (Å²) >= 11 is 17.8. The Kier molecular flexibility index (Phi) is 6.01. The number of benzene rings is 2. The van der Waals surface area contributed by atoms with Gasteiger partial charge in [-0.2, -0.15) is 13.2 Å². The fraction of sp³-hybridized carbons (Fsp3) is 0.417. The van der Waals surface area contributed by atoms with Gasteiger partial charge in [0.1, 0.15) is 0 Å². The van der Waals surface area contributed by atoms with Crippen molar-refractivity contribution < 1.29 is 27.2 Å². The molecule has 5 rings (SSSR count). The minimum atomic E-state index is -4.84. The monoisotopic (exact) mass is 548 g/mol. The van der Waals surface area contributed by atoms with Crippen LogP contribution in [0.15, 0.2) is 41.6 Å². The topological polar surface area (TPSA) is 41.9 Å². The first kappa shape index (κ1) is 24.7. The van der Waals surface area contributed by atoms with Crippen LogP contribution in [0.2, 0.25) is 15.1 Å². The number of nitrogens with zero attached hydrogens (tertiary/aromatic N) is 2. The summed E-state index contributed by atoms with van der Waals surface area (Å²) in [4.78, 5) is 18.8. The number of halogens is 7. The van der Waals surface area contributed by atoms with Crippen LogP contribution in [0.25, 0.3) is 0 Å². The largest absolute Gasteiger partial charge is 0.435 e. The molecule has 4 nitrogen and oxygen atoms in total. The Labute approximate surface area is 213 Å². The number of hydrogen-bond acceptors (Lipinski definition) is 3. The maximum atomic E-state index is 15.3. The van der Waals surface area contributed by atoms with Crippen LogP contribution in [0.4, 0.5) is 17.6 Å². The summed E-state index contributed by atoms with van der Waals surface area (Å²) in [5, 5.41) is 3.37. The second-order valence-corrected chi connectivity index (χ2v) is 10.4. The van der Waals surface area contributed by atoms with E-state index >= 15 is 4.39 Å². The van der Waals surface area contributed by atoms with Gasteiger partial charge >= 0.3 is 6.18 Å². The van der Waals surface area contributed by atoms with Crippen molar-refractivity contribution >= 4 is 46.4 Å². The lowest BCUT2D eigenvalue weighted by molar-refractivity contribution is -0.275. The molecule has 11 heteroatoms. The lowest BCUT2D eigenvalue weighted by Crippen LogP contribution is -2.60.